The third kappa shape index (κ3) is 3.01. The van der Waals surface area contributed by atoms with Gasteiger partial charge in [-0.25, -0.2) is 0 Å². The molecular weight excluding hydrogens is 308 g/mol. The average molecular weight is 332 g/mol. The first-order valence-electron chi connectivity index (χ1n) is 8.79. The third-order valence-corrected chi connectivity index (χ3v) is 5.19. The van der Waals surface area contributed by atoms with E-state index in [9.17, 15) is 9.90 Å². The van der Waals surface area contributed by atoms with Crippen LogP contribution < -0.4 is 10.2 Å². The van der Waals surface area contributed by atoms with Gasteiger partial charge < -0.3 is 24.8 Å². The predicted octanol–water partition coefficient (Wildman–Crippen LogP) is 0.934. The van der Waals surface area contributed by atoms with Crippen LogP contribution in [-0.4, -0.2) is 61.7 Å². The van der Waals surface area contributed by atoms with Crippen molar-refractivity contribution in [3.8, 4) is 0 Å². The van der Waals surface area contributed by atoms with Crippen molar-refractivity contribution in [2.75, 3.05) is 31.2 Å². The van der Waals surface area contributed by atoms with Gasteiger partial charge in [-0.2, -0.15) is 0 Å². The Kier molecular flexibility index (Phi) is 4.43. The van der Waals surface area contributed by atoms with Gasteiger partial charge >= 0.3 is 0 Å². The van der Waals surface area contributed by atoms with Crippen LogP contribution in [0.4, 0.5) is 5.69 Å². The Morgan fingerprint density at radius 2 is 1.75 bits per heavy atom. The van der Waals surface area contributed by atoms with E-state index >= 15 is 0 Å². The number of amides is 1. The number of fused-ring (bicyclic) bond motifs is 1. The molecule has 3 aliphatic rings. The number of aliphatic hydroxyl groups excluding tert-OH is 1. The summed E-state index contributed by atoms with van der Waals surface area (Å²) >= 11 is 0. The largest absolute Gasteiger partial charge is 0.388 e. The number of carbonyl (C=O) groups excluding carboxylic acids is 1. The normalized spacial score (nSPS) is 32.6. The van der Waals surface area contributed by atoms with Gasteiger partial charge in [0.25, 0.3) is 5.91 Å². The van der Waals surface area contributed by atoms with Gasteiger partial charge in [0.1, 0.15) is 18.3 Å². The van der Waals surface area contributed by atoms with E-state index < -0.39 is 6.10 Å². The fourth-order valence-electron chi connectivity index (χ4n) is 3.83. The summed E-state index contributed by atoms with van der Waals surface area (Å²) in [4.78, 5) is 14.8. The Hall–Kier alpha value is -1.63. The monoisotopic (exact) mass is 332 g/mol. The first-order chi connectivity index (χ1) is 11.7. The Balaban J connectivity index is 1.38. The molecule has 6 nitrogen and oxygen atoms in total. The zero-order valence-electron chi connectivity index (χ0n) is 13.7. The summed E-state index contributed by atoms with van der Waals surface area (Å²) in [5, 5.41) is 12.7. The van der Waals surface area contributed by atoms with E-state index in [1.165, 1.54) is 24.9 Å². The first-order valence-corrected chi connectivity index (χ1v) is 8.79. The standard InChI is InChI=1S/C18H24N2O4/c21-15-11-24-16-14(10-23-17(15)16)19-18(22)12-4-6-13(7-5-12)20-8-2-1-3-9-20/h4-7,14-17,21H,1-3,8-11H2,(H,19,22)/t14-,15-,16+,17+/m0/s1. The van der Waals surface area contributed by atoms with Crippen LogP contribution in [0.2, 0.25) is 0 Å². The van der Waals surface area contributed by atoms with Crippen molar-refractivity contribution < 1.29 is 19.4 Å². The van der Waals surface area contributed by atoms with E-state index in [-0.39, 0.29) is 30.8 Å². The molecular formula is C18H24N2O4. The molecule has 2 N–H and O–H groups in total. The number of carbonyl (C=O) groups is 1. The van der Waals surface area contributed by atoms with Crippen molar-refractivity contribution in [1.29, 1.82) is 0 Å². The number of benzene rings is 1. The highest BCUT2D eigenvalue weighted by molar-refractivity contribution is 5.94. The summed E-state index contributed by atoms with van der Waals surface area (Å²) in [5.41, 5.74) is 1.82. The van der Waals surface area contributed by atoms with Crippen LogP contribution in [0.15, 0.2) is 24.3 Å². The molecule has 130 valence electrons. The van der Waals surface area contributed by atoms with E-state index in [0.717, 1.165) is 13.1 Å². The van der Waals surface area contributed by atoms with Gasteiger partial charge in [-0.3, -0.25) is 4.79 Å². The number of hydrogen-bond donors (Lipinski definition) is 2. The highest BCUT2D eigenvalue weighted by Gasteiger charge is 2.47. The maximum absolute atomic E-state index is 12.5. The molecule has 1 amide bonds. The van der Waals surface area contributed by atoms with Gasteiger partial charge in [0.15, 0.2) is 0 Å². The molecule has 0 aliphatic carbocycles. The van der Waals surface area contributed by atoms with E-state index in [1.54, 1.807) is 0 Å². The van der Waals surface area contributed by atoms with Crippen LogP contribution in [0.25, 0.3) is 0 Å². The lowest BCUT2D eigenvalue weighted by Crippen LogP contribution is -2.44. The molecule has 24 heavy (non-hydrogen) atoms. The molecule has 0 aromatic heterocycles. The van der Waals surface area contributed by atoms with Crippen molar-refractivity contribution in [3.63, 3.8) is 0 Å². The van der Waals surface area contributed by atoms with Gasteiger partial charge in [-0.15, -0.1) is 0 Å². The molecule has 0 radical (unpaired) electrons. The first kappa shape index (κ1) is 15.9. The molecule has 4 atom stereocenters. The van der Waals surface area contributed by atoms with Gasteiger partial charge in [-0.1, -0.05) is 0 Å². The smallest absolute Gasteiger partial charge is 0.251 e. The van der Waals surface area contributed by atoms with Gasteiger partial charge in [-0.05, 0) is 43.5 Å². The Bertz CT molecular complexity index is 585. The van der Waals surface area contributed by atoms with Crippen LogP contribution in [0, 0.1) is 0 Å². The number of piperidine rings is 1. The average Bonchev–Trinajstić information content (AvgIpc) is 3.19. The van der Waals surface area contributed by atoms with Crippen molar-refractivity contribution in [1.82, 2.24) is 5.32 Å². The molecule has 6 heteroatoms. The lowest BCUT2D eigenvalue weighted by atomic mass is 10.1. The molecule has 3 heterocycles. The highest BCUT2D eigenvalue weighted by atomic mass is 16.6. The SMILES string of the molecule is O=C(N[C@H]1CO[C@H]2[C@@H]1OC[C@@H]2O)c1ccc(N2CCCCC2)cc1. The van der Waals surface area contributed by atoms with Crippen molar-refractivity contribution >= 4 is 11.6 Å². The van der Waals surface area contributed by atoms with Gasteiger partial charge in [0.05, 0.1) is 19.3 Å². The number of rotatable bonds is 3. The maximum Gasteiger partial charge on any atom is 0.251 e. The fraction of sp³-hybridized carbons (Fsp3) is 0.611. The van der Waals surface area contributed by atoms with Crippen LogP contribution in [0.5, 0.6) is 0 Å². The fourth-order valence-corrected chi connectivity index (χ4v) is 3.83. The number of anilines is 1. The molecule has 1 aromatic rings. The van der Waals surface area contributed by atoms with E-state index in [1.807, 2.05) is 24.3 Å². The minimum atomic E-state index is -0.597. The topological polar surface area (TPSA) is 71.0 Å². The summed E-state index contributed by atoms with van der Waals surface area (Å²) in [5.74, 6) is -0.126. The molecule has 3 fully saturated rings. The second-order valence-corrected chi connectivity index (χ2v) is 6.84. The van der Waals surface area contributed by atoms with Gasteiger partial charge in [0, 0.05) is 24.3 Å². The van der Waals surface area contributed by atoms with Crippen LogP contribution in [0.3, 0.4) is 0 Å². The Morgan fingerprint density at radius 1 is 1.04 bits per heavy atom. The lowest BCUT2D eigenvalue weighted by Gasteiger charge is -2.28. The Morgan fingerprint density at radius 3 is 2.50 bits per heavy atom. The lowest BCUT2D eigenvalue weighted by molar-refractivity contribution is 0.0178. The minimum Gasteiger partial charge on any atom is -0.388 e. The summed E-state index contributed by atoms with van der Waals surface area (Å²) in [6.45, 7) is 2.83. The van der Waals surface area contributed by atoms with Crippen LogP contribution >= 0.6 is 0 Å². The molecule has 3 aliphatic heterocycles. The van der Waals surface area contributed by atoms with Crippen LogP contribution in [-0.2, 0) is 9.47 Å². The van der Waals surface area contributed by atoms with E-state index in [4.69, 9.17) is 9.47 Å². The molecule has 1 aromatic carbocycles. The summed E-state index contributed by atoms with van der Waals surface area (Å²) in [6.07, 6.45) is 2.60. The molecule has 4 rings (SSSR count). The molecule has 0 saturated carbocycles. The van der Waals surface area contributed by atoms with Crippen molar-refractivity contribution in [2.45, 2.75) is 43.6 Å². The summed E-state index contributed by atoms with van der Waals surface area (Å²) in [6, 6.07) is 7.57. The Labute approximate surface area is 141 Å². The van der Waals surface area contributed by atoms with E-state index in [0.29, 0.717) is 12.2 Å². The number of hydrogen-bond acceptors (Lipinski definition) is 5. The van der Waals surface area contributed by atoms with Crippen LogP contribution in [0.1, 0.15) is 29.6 Å². The molecule has 3 saturated heterocycles. The second kappa shape index (κ2) is 6.70. The second-order valence-electron chi connectivity index (χ2n) is 6.84. The van der Waals surface area contributed by atoms with Gasteiger partial charge in [0.2, 0.25) is 0 Å². The maximum atomic E-state index is 12.5. The molecule has 0 spiro atoms. The third-order valence-electron chi connectivity index (χ3n) is 5.19. The number of aliphatic hydroxyl groups is 1. The van der Waals surface area contributed by atoms with E-state index in [2.05, 4.69) is 10.2 Å². The highest BCUT2D eigenvalue weighted by Crippen LogP contribution is 2.27. The number of nitrogens with one attached hydrogen (secondary N) is 1. The molecule has 0 bridgehead atoms. The summed E-state index contributed by atoms with van der Waals surface area (Å²) < 4.78 is 11.1. The van der Waals surface area contributed by atoms with Crippen molar-refractivity contribution in [3.05, 3.63) is 29.8 Å². The number of nitrogens with zero attached hydrogens (tertiary/aromatic N) is 1. The predicted molar refractivity (Wildman–Crippen MR) is 89.2 cm³/mol. The quantitative estimate of drug-likeness (QED) is 0.862. The zero-order valence-corrected chi connectivity index (χ0v) is 13.7. The zero-order chi connectivity index (χ0) is 16.5. The van der Waals surface area contributed by atoms with Crippen molar-refractivity contribution in [2.24, 2.45) is 0 Å². The minimum absolute atomic E-state index is 0.126. The number of ether oxygens (including phenoxy) is 2. The summed E-state index contributed by atoms with van der Waals surface area (Å²) in [7, 11) is 0. The molecule has 0 unspecified atom stereocenters.